The molecule has 2 nitrogen and oxygen atoms in total. The largest absolute Gasteiger partial charge is 0.343 e. The molecule has 1 aromatic carbocycles. The Morgan fingerprint density at radius 1 is 1.20 bits per heavy atom. The molecule has 3 rings (SSSR count). The molecule has 1 aliphatic rings. The Kier molecular flexibility index (Phi) is 3.66. The number of aromatic nitrogens is 2. The average Bonchev–Trinajstić information content (AvgIpc) is 2.67. The van der Waals surface area contributed by atoms with Crippen molar-refractivity contribution in [2.24, 2.45) is 0 Å². The number of aryl methyl sites for hydroxylation is 2. The number of halogens is 1. The molecule has 0 bridgehead atoms. The smallest absolute Gasteiger partial charge is 0.139 e. The lowest BCUT2D eigenvalue weighted by Crippen LogP contribution is -2.02. The molecule has 0 fully saturated rings. The molecule has 0 aliphatic heterocycles. The van der Waals surface area contributed by atoms with Crippen LogP contribution in [0.5, 0.6) is 0 Å². The Morgan fingerprint density at radius 2 is 2.00 bits per heavy atom. The van der Waals surface area contributed by atoms with E-state index in [-0.39, 0.29) is 5.82 Å². The van der Waals surface area contributed by atoms with Gasteiger partial charge in [0.25, 0.3) is 0 Å². The second-order valence-corrected chi connectivity index (χ2v) is 5.76. The maximum Gasteiger partial charge on any atom is 0.139 e. The summed E-state index contributed by atoms with van der Waals surface area (Å²) in [6.45, 7) is 1.76. The van der Waals surface area contributed by atoms with Crippen LogP contribution >= 0.6 is 12.2 Å². The highest BCUT2D eigenvalue weighted by Crippen LogP contribution is 2.24. The average molecular weight is 288 g/mol. The minimum Gasteiger partial charge on any atom is -0.343 e. The molecule has 0 unspecified atom stereocenters. The molecule has 20 heavy (non-hydrogen) atoms. The number of nitrogens with zero attached hydrogens (tertiary/aromatic N) is 1. The molecule has 4 heteroatoms. The number of hydrogen-bond acceptors (Lipinski definition) is 2. The molecule has 104 valence electrons. The third-order valence-electron chi connectivity index (χ3n) is 3.90. The zero-order chi connectivity index (χ0) is 14.1. The lowest BCUT2D eigenvalue weighted by atomic mass is 10.1. The van der Waals surface area contributed by atoms with Crippen molar-refractivity contribution in [2.75, 3.05) is 0 Å². The van der Waals surface area contributed by atoms with E-state index in [9.17, 15) is 4.39 Å². The fraction of sp³-hybridized carbons (Fsp3) is 0.375. The lowest BCUT2D eigenvalue weighted by molar-refractivity contribution is 0.619. The molecule has 0 atom stereocenters. The van der Waals surface area contributed by atoms with Crippen LogP contribution in [0.3, 0.4) is 0 Å². The fourth-order valence-electron chi connectivity index (χ4n) is 2.67. The van der Waals surface area contributed by atoms with Crippen molar-refractivity contribution in [1.29, 1.82) is 0 Å². The van der Waals surface area contributed by atoms with Gasteiger partial charge in [0.1, 0.15) is 16.3 Å². The molecule has 1 aromatic heterocycles. The van der Waals surface area contributed by atoms with Crippen LogP contribution in [0.4, 0.5) is 4.39 Å². The molecule has 0 amide bonds. The van der Waals surface area contributed by atoms with E-state index in [1.54, 1.807) is 13.0 Å². The summed E-state index contributed by atoms with van der Waals surface area (Å²) >= 11 is 5.42. The van der Waals surface area contributed by atoms with Gasteiger partial charge in [-0.15, -0.1) is 0 Å². The topological polar surface area (TPSA) is 28.7 Å². The van der Waals surface area contributed by atoms with Gasteiger partial charge >= 0.3 is 0 Å². The Labute approximate surface area is 123 Å². The highest BCUT2D eigenvalue weighted by Gasteiger charge is 2.13. The summed E-state index contributed by atoms with van der Waals surface area (Å²) in [5, 5.41) is 0. The molecule has 0 saturated carbocycles. The third-order valence-corrected chi connectivity index (χ3v) is 4.24. The van der Waals surface area contributed by atoms with Gasteiger partial charge in [-0.25, -0.2) is 9.37 Å². The Balaban J connectivity index is 2.10. The highest BCUT2D eigenvalue weighted by atomic mass is 32.1. The van der Waals surface area contributed by atoms with E-state index in [1.807, 2.05) is 6.07 Å². The van der Waals surface area contributed by atoms with Gasteiger partial charge in [0, 0.05) is 16.8 Å². The first-order chi connectivity index (χ1) is 9.65. The predicted molar refractivity (Wildman–Crippen MR) is 80.8 cm³/mol. The predicted octanol–water partition coefficient (Wildman–Crippen LogP) is 4.52. The van der Waals surface area contributed by atoms with Crippen LogP contribution in [0.25, 0.3) is 11.4 Å². The summed E-state index contributed by atoms with van der Waals surface area (Å²) in [6, 6.07) is 5.18. The van der Waals surface area contributed by atoms with Gasteiger partial charge in [-0.2, -0.15) is 0 Å². The number of rotatable bonds is 1. The van der Waals surface area contributed by atoms with Crippen molar-refractivity contribution in [1.82, 2.24) is 9.97 Å². The van der Waals surface area contributed by atoms with Crippen molar-refractivity contribution < 1.29 is 4.39 Å². The Morgan fingerprint density at radius 3 is 2.80 bits per heavy atom. The minimum absolute atomic E-state index is 0.210. The molecule has 1 heterocycles. The van der Waals surface area contributed by atoms with Gasteiger partial charge < -0.3 is 4.98 Å². The van der Waals surface area contributed by atoms with Crippen LogP contribution in [0, 0.1) is 17.4 Å². The van der Waals surface area contributed by atoms with Crippen LogP contribution < -0.4 is 0 Å². The first kappa shape index (κ1) is 13.4. The van der Waals surface area contributed by atoms with E-state index in [4.69, 9.17) is 12.2 Å². The quantitative estimate of drug-likeness (QED) is 0.617. The Hall–Kier alpha value is -1.55. The molecule has 0 saturated heterocycles. The maximum absolute atomic E-state index is 13.7. The van der Waals surface area contributed by atoms with Gasteiger partial charge in [0.15, 0.2) is 0 Å². The second-order valence-electron chi connectivity index (χ2n) is 5.37. The van der Waals surface area contributed by atoms with E-state index in [1.165, 1.54) is 36.6 Å². The van der Waals surface area contributed by atoms with E-state index in [2.05, 4.69) is 9.97 Å². The fourth-order valence-corrected chi connectivity index (χ4v) is 2.99. The molecular formula is C16H17FN2S. The van der Waals surface area contributed by atoms with Crippen LogP contribution in [0.1, 0.15) is 36.1 Å². The Bertz CT molecular complexity index is 706. The van der Waals surface area contributed by atoms with E-state index in [0.29, 0.717) is 16.0 Å². The van der Waals surface area contributed by atoms with Crippen LogP contribution in [0.15, 0.2) is 18.2 Å². The second kappa shape index (κ2) is 5.44. The van der Waals surface area contributed by atoms with Crippen molar-refractivity contribution >= 4 is 12.2 Å². The molecule has 0 radical (unpaired) electrons. The molecule has 0 spiro atoms. The summed E-state index contributed by atoms with van der Waals surface area (Å²) in [4.78, 5) is 7.83. The SMILES string of the molecule is Cc1ccc(-c2nc(=S)c3c([nH]2)CCCCC3)cc1F. The number of benzene rings is 1. The molecule has 2 aromatic rings. The zero-order valence-corrected chi connectivity index (χ0v) is 12.3. The molecule has 1 N–H and O–H groups in total. The van der Waals surface area contributed by atoms with Gasteiger partial charge in [-0.05, 0) is 44.2 Å². The van der Waals surface area contributed by atoms with Gasteiger partial charge in [0.2, 0.25) is 0 Å². The zero-order valence-electron chi connectivity index (χ0n) is 11.5. The maximum atomic E-state index is 13.7. The van der Waals surface area contributed by atoms with Crippen molar-refractivity contribution in [3.8, 4) is 11.4 Å². The van der Waals surface area contributed by atoms with Crippen LogP contribution in [-0.4, -0.2) is 9.97 Å². The summed E-state index contributed by atoms with van der Waals surface area (Å²) < 4.78 is 14.4. The van der Waals surface area contributed by atoms with E-state index >= 15 is 0 Å². The molecular weight excluding hydrogens is 271 g/mol. The normalized spacial score (nSPS) is 14.7. The summed E-state index contributed by atoms with van der Waals surface area (Å²) in [6.07, 6.45) is 5.57. The van der Waals surface area contributed by atoms with Crippen LogP contribution in [0.2, 0.25) is 0 Å². The van der Waals surface area contributed by atoms with Crippen LogP contribution in [-0.2, 0) is 12.8 Å². The van der Waals surface area contributed by atoms with Crippen molar-refractivity contribution in [3.05, 3.63) is 45.5 Å². The monoisotopic (exact) mass is 288 g/mol. The number of H-pyrrole nitrogens is 1. The van der Waals surface area contributed by atoms with E-state index in [0.717, 1.165) is 18.4 Å². The highest BCUT2D eigenvalue weighted by molar-refractivity contribution is 7.71. The summed E-state index contributed by atoms with van der Waals surface area (Å²) in [5.74, 6) is 0.466. The number of aromatic amines is 1. The third kappa shape index (κ3) is 2.52. The van der Waals surface area contributed by atoms with Gasteiger partial charge in [-0.3, -0.25) is 0 Å². The molecule has 1 aliphatic carbocycles. The van der Waals surface area contributed by atoms with Crippen molar-refractivity contribution in [2.45, 2.75) is 39.0 Å². The number of hydrogen-bond donors (Lipinski definition) is 1. The first-order valence-electron chi connectivity index (χ1n) is 7.04. The van der Waals surface area contributed by atoms with Crippen molar-refractivity contribution in [3.63, 3.8) is 0 Å². The van der Waals surface area contributed by atoms with E-state index < -0.39 is 0 Å². The minimum atomic E-state index is -0.210. The summed E-state index contributed by atoms with van der Waals surface area (Å²) in [7, 11) is 0. The number of fused-ring (bicyclic) bond motifs is 1. The first-order valence-corrected chi connectivity index (χ1v) is 7.44. The standard InChI is InChI=1S/C16H17FN2S/c1-10-7-8-11(9-13(10)17)15-18-14-6-4-2-3-5-12(14)16(20)19-15/h7-9H,2-6H2,1H3,(H,18,19,20). The lowest BCUT2D eigenvalue weighted by Gasteiger charge is -2.10. The van der Waals surface area contributed by atoms with Gasteiger partial charge in [0.05, 0.1) is 0 Å². The van der Waals surface area contributed by atoms with Gasteiger partial charge in [-0.1, -0.05) is 30.8 Å². The summed E-state index contributed by atoms with van der Waals surface area (Å²) in [5.41, 5.74) is 3.75. The number of nitrogens with one attached hydrogen (secondary N) is 1.